The topological polar surface area (TPSA) is 78.9 Å². The number of nitrogens with zero attached hydrogens (tertiary/aromatic N) is 2. The van der Waals surface area contributed by atoms with Gasteiger partial charge >= 0.3 is 0 Å². The minimum atomic E-state index is 0.0120. The van der Waals surface area contributed by atoms with Crippen molar-refractivity contribution in [2.75, 3.05) is 25.0 Å². The summed E-state index contributed by atoms with van der Waals surface area (Å²) in [4.78, 5) is 23.0. The molecular weight excluding hydrogens is 486 g/mol. The highest BCUT2D eigenvalue weighted by Crippen LogP contribution is 2.38. The van der Waals surface area contributed by atoms with Crippen LogP contribution in [-0.2, 0) is 0 Å². The van der Waals surface area contributed by atoms with E-state index in [-0.39, 0.29) is 5.91 Å². The van der Waals surface area contributed by atoms with Crippen LogP contribution < -0.4 is 16.0 Å². The summed E-state index contributed by atoms with van der Waals surface area (Å²) >= 11 is 5.27. The number of thiophene rings is 1. The number of fused-ring (bicyclic) bond motifs is 1. The lowest BCUT2D eigenvalue weighted by Gasteiger charge is -2.34. The molecule has 2 aliphatic rings. The molecule has 3 N–H and O–H groups in total. The number of amides is 1. The van der Waals surface area contributed by atoms with Crippen LogP contribution in [0.15, 0.2) is 34.9 Å². The lowest BCUT2D eigenvalue weighted by atomic mass is 9.78. The molecule has 2 aromatic heterocycles. The van der Waals surface area contributed by atoms with Gasteiger partial charge in [-0.2, -0.15) is 0 Å². The number of hydrogen-bond donors (Lipinski definition) is 3. The second-order valence-corrected chi connectivity index (χ2v) is 11.1. The van der Waals surface area contributed by atoms with Crippen molar-refractivity contribution >= 4 is 49.2 Å². The molecule has 5 rings (SSSR count). The molecule has 168 valence electrons. The molecule has 0 spiro atoms. The molecule has 1 amide bonds. The molecule has 0 radical (unpaired) electrons. The average molecular weight is 514 g/mol. The highest BCUT2D eigenvalue weighted by Gasteiger charge is 2.26. The summed E-state index contributed by atoms with van der Waals surface area (Å²) in [5.41, 5.74) is 1.96. The minimum Gasteiger partial charge on any atom is -0.354 e. The van der Waals surface area contributed by atoms with Crippen LogP contribution in [0.25, 0.3) is 20.7 Å². The Bertz CT molecular complexity index is 1140. The minimum absolute atomic E-state index is 0.0120. The maximum Gasteiger partial charge on any atom is 0.252 e. The van der Waals surface area contributed by atoms with Gasteiger partial charge in [0.1, 0.15) is 5.69 Å². The predicted molar refractivity (Wildman–Crippen MR) is 134 cm³/mol. The van der Waals surface area contributed by atoms with Crippen molar-refractivity contribution in [3.05, 3.63) is 40.5 Å². The Kier molecular flexibility index (Phi) is 6.18. The second-order valence-electron chi connectivity index (χ2n) is 9.20. The van der Waals surface area contributed by atoms with Gasteiger partial charge < -0.3 is 16.0 Å². The van der Waals surface area contributed by atoms with Crippen molar-refractivity contribution in [2.45, 2.75) is 45.1 Å². The van der Waals surface area contributed by atoms with Crippen LogP contribution in [0, 0.1) is 5.41 Å². The fourth-order valence-electron chi connectivity index (χ4n) is 4.25. The fraction of sp³-hybridized carbons (Fsp3) is 0.458. The summed E-state index contributed by atoms with van der Waals surface area (Å²) < 4.78 is 1.94. The number of anilines is 1. The molecule has 0 unspecified atom stereocenters. The number of halogens is 1. The standard InChI is InChI=1S/C24H28BrN5OS/c1-24(7-10-26-11-8-24)9-12-27-23-28-14-18(25)21(30-23)20-13-17-16(3-2-4-19(17)32-20)22(31)29-15-5-6-15/h2-4,13-15,26H,5-12H2,1H3,(H,29,31)(H,27,28,30). The van der Waals surface area contributed by atoms with Crippen LogP contribution in [0.1, 0.15) is 49.4 Å². The first kappa shape index (κ1) is 21.8. The van der Waals surface area contributed by atoms with E-state index in [1.807, 2.05) is 18.3 Å². The lowest BCUT2D eigenvalue weighted by molar-refractivity contribution is 0.0952. The average Bonchev–Trinajstić information content (AvgIpc) is 3.49. The van der Waals surface area contributed by atoms with E-state index in [0.29, 0.717) is 17.4 Å². The summed E-state index contributed by atoms with van der Waals surface area (Å²) in [6.45, 7) is 5.43. The number of rotatable bonds is 7. The first-order chi connectivity index (χ1) is 15.5. The predicted octanol–water partition coefficient (Wildman–Crippen LogP) is 5.20. The Morgan fingerprint density at radius 3 is 2.91 bits per heavy atom. The third kappa shape index (κ3) is 4.82. The summed E-state index contributed by atoms with van der Waals surface area (Å²) in [5.74, 6) is 0.655. The highest BCUT2D eigenvalue weighted by atomic mass is 79.9. The van der Waals surface area contributed by atoms with Gasteiger partial charge in [-0.05, 0) is 84.7 Å². The van der Waals surface area contributed by atoms with Crippen LogP contribution in [-0.4, -0.2) is 41.6 Å². The van der Waals surface area contributed by atoms with Gasteiger partial charge in [0.2, 0.25) is 5.95 Å². The molecule has 6 nitrogen and oxygen atoms in total. The van der Waals surface area contributed by atoms with Crippen molar-refractivity contribution in [2.24, 2.45) is 5.41 Å². The molecule has 32 heavy (non-hydrogen) atoms. The summed E-state index contributed by atoms with van der Waals surface area (Å²) in [6, 6.07) is 8.33. The monoisotopic (exact) mass is 513 g/mol. The van der Waals surface area contributed by atoms with E-state index in [1.165, 1.54) is 12.8 Å². The molecule has 1 saturated carbocycles. The molecule has 1 aliphatic heterocycles. The molecule has 0 atom stereocenters. The van der Waals surface area contributed by atoms with Crippen LogP contribution in [0.2, 0.25) is 0 Å². The Balaban J connectivity index is 1.35. The van der Waals surface area contributed by atoms with E-state index < -0.39 is 0 Å². The van der Waals surface area contributed by atoms with E-state index in [4.69, 9.17) is 4.98 Å². The van der Waals surface area contributed by atoms with Gasteiger partial charge in [0.05, 0.1) is 9.35 Å². The van der Waals surface area contributed by atoms with Gasteiger partial charge in [-0.25, -0.2) is 9.97 Å². The normalized spacial score (nSPS) is 17.9. The molecule has 0 bridgehead atoms. The zero-order chi connectivity index (χ0) is 22.1. The van der Waals surface area contributed by atoms with E-state index in [2.05, 4.69) is 55.9 Å². The smallest absolute Gasteiger partial charge is 0.252 e. The molecule has 1 saturated heterocycles. The first-order valence-electron chi connectivity index (χ1n) is 11.3. The molecule has 8 heteroatoms. The third-order valence-electron chi connectivity index (χ3n) is 6.52. The Morgan fingerprint density at radius 1 is 1.31 bits per heavy atom. The van der Waals surface area contributed by atoms with E-state index in [0.717, 1.165) is 69.6 Å². The number of aromatic nitrogens is 2. The molecule has 1 aromatic carbocycles. The highest BCUT2D eigenvalue weighted by molar-refractivity contribution is 9.10. The summed E-state index contributed by atoms with van der Waals surface area (Å²) in [6.07, 6.45) is 7.49. The Hall–Kier alpha value is -2.03. The Labute approximate surface area is 200 Å². The Morgan fingerprint density at radius 2 is 2.12 bits per heavy atom. The first-order valence-corrected chi connectivity index (χ1v) is 12.9. The lowest BCUT2D eigenvalue weighted by Crippen LogP contribution is -2.35. The van der Waals surface area contributed by atoms with Crippen molar-refractivity contribution in [1.82, 2.24) is 20.6 Å². The second kappa shape index (κ2) is 9.08. The van der Waals surface area contributed by atoms with Crippen molar-refractivity contribution < 1.29 is 4.79 Å². The van der Waals surface area contributed by atoms with Gasteiger partial charge in [-0.1, -0.05) is 13.0 Å². The number of benzene rings is 1. The molecule has 1 aliphatic carbocycles. The number of carbonyl (C=O) groups is 1. The molecular formula is C24H28BrN5OS. The number of hydrogen-bond acceptors (Lipinski definition) is 6. The van der Waals surface area contributed by atoms with Gasteiger partial charge in [0, 0.05) is 34.4 Å². The van der Waals surface area contributed by atoms with Gasteiger partial charge in [0.15, 0.2) is 0 Å². The van der Waals surface area contributed by atoms with Gasteiger partial charge in [-0.15, -0.1) is 11.3 Å². The molecule has 2 fully saturated rings. The van der Waals surface area contributed by atoms with Crippen LogP contribution >= 0.6 is 27.3 Å². The van der Waals surface area contributed by atoms with Crippen molar-refractivity contribution in [3.8, 4) is 10.6 Å². The SMILES string of the molecule is CC1(CCNc2ncc(Br)c(-c3cc4c(C(=O)NC5CC5)cccc4s3)n2)CCNCC1. The van der Waals surface area contributed by atoms with Crippen LogP contribution in [0.3, 0.4) is 0 Å². The van der Waals surface area contributed by atoms with Gasteiger partial charge in [-0.3, -0.25) is 4.79 Å². The van der Waals surface area contributed by atoms with E-state index in [9.17, 15) is 4.79 Å². The van der Waals surface area contributed by atoms with E-state index >= 15 is 0 Å². The number of nitrogens with one attached hydrogen (secondary N) is 3. The van der Waals surface area contributed by atoms with Crippen molar-refractivity contribution in [1.29, 1.82) is 0 Å². The number of piperidine rings is 1. The zero-order valence-corrected chi connectivity index (χ0v) is 20.6. The van der Waals surface area contributed by atoms with Gasteiger partial charge in [0.25, 0.3) is 5.91 Å². The summed E-state index contributed by atoms with van der Waals surface area (Å²) in [7, 11) is 0. The quantitative estimate of drug-likeness (QED) is 0.404. The van der Waals surface area contributed by atoms with E-state index in [1.54, 1.807) is 11.3 Å². The molecule has 3 aromatic rings. The van der Waals surface area contributed by atoms with Crippen LogP contribution in [0.4, 0.5) is 5.95 Å². The molecule has 3 heterocycles. The zero-order valence-electron chi connectivity index (χ0n) is 18.2. The number of carbonyl (C=O) groups excluding carboxylic acids is 1. The largest absolute Gasteiger partial charge is 0.354 e. The van der Waals surface area contributed by atoms with Crippen LogP contribution in [0.5, 0.6) is 0 Å². The maximum absolute atomic E-state index is 12.7. The maximum atomic E-state index is 12.7. The third-order valence-corrected chi connectivity index (χ3v) is 8.21. The van der Waals surface area contributed by atoms with Crippen molar-refractivity contribution in [3.63, 3.8) is 0 Å². The fourth-order valence-corrected chi connectivity index (χ4v) is 5.88. The summed E-state index contributed by atoms with van der Waals surface area (Å²) in [5, 5.41) is 10.9.